The molecule has 2 amide bonds. The largest absolute Gasteiger partial charge is 0.352 e. The zero-order valence-electron chi connectivity index (χ0n) is 24.6. The first-order valence-electron chi connectivity index (χ1n) is 13.9. The highest BCUT2D eigenvalue weighted by Crippen LogP contribution is 2.31. The number of amides is 2. The number of sulfonamides is 1. The van der Waals surface area contributed by atoms with Gasteiger partial charge in [0.15, 0.2) is 0 Å². The number of nitrogens with zero attached hydrogens (tertiary/aromatic N) is 2. The Labute approximate surface area is 249 Å². The van der Waals surface area contributed by atoms with Gasteiger partial charge in [-0.05, 0) is 75.9 Å². The normalized spacial score (nSPS) is 12.9. The summed E-state index contributed by atoms with van der Waals surface area (Å²) in [6.45, 7) is 10.9. The fraction of sp³-hybridized carbons (Fsp3) is 0.375. The van der Waals surface area contributed by atoms with Crippen LogP contribution in [0.25, 0.3) is 0 Å². The van der Waals surface area contributed by atoms with E-state index in [0.717, 1.165) is 27.4 Å². The molecule has 220 valence electrons. The molecule has 3 aromatic rings. The fourth-order valence-electron chi connectivity index (χ4n) is 4.58. The Kier molecular flexibility index (Phi) is 11.0. The predicted octanol–water partition coefficient (Wildman–Crippen LogP) is 6.18. The van der Waals surface area contributed by atoms with Crippen molar-refractivity contribution in [3.63, 3.8) is 0 Å². The highest BCUT2D eigenvalue weighted by Gasteiger charge is 2.34. The minimum Gasteiger partial charge on any atom is -0.352 e. The summed E-state index contributed by atoms with van der Waals surface area (Å²) in [6.07, 6.45) is 1.10. The molecule has 41 heavy (non-hydrogen) atoms. The first-order chi connectivity index (χ1) is 19.4. The number of aryl methyl sites for hydroxylation is 2. The molecule has 0 radical (unpaired) electrons. The average molecular weight is 598 g/mol. The van der Waals surface area contributed by atoms with Gasteiger partial charge in [0.05, 0.1) is 10.6 Å². The van der Waals surface area contributed by atoms with Crippen molar-refractivity contribution >= 4 is 39.1 Å². The third-order valence-electron chi connectivity index (χ3n) is 7.22. The van der Waals surface area contributed by atoms with Gasteiger partial charge in [-0.25, -0.2) is 8.42 Å². The maximum Gasteiger partial charge on any atom is 0.264 e. The van der Waals surface area contributed by atoms with Crippen LogP contribution in [-0.2, 0) is 26.2 Å². The molecule has 3 rings (SSSR count). The van der Waals surface area contributed by atoms with E-state index in [0.29, 0.717) is 22.7 Å². The van der Waals surface area contributed by atoms with E-state index in [4.69, 9.17) is 11.6 Å². The molecule has 7 nitrogen and oxygen atoms in total. The summed E-state index contributed by atoms with van der Waals surface area (Å²) < 4.78 is 29.2. The Morgan fingerprint density at radius 3 is 2.17 bits per heavy atom. The molecular formula is C32H40ClN3O4S. The number of halogens is 1. The fourth-order valence-corrected chi connectivity index (χ4v) is 6.23. The number of anilines is 1. The van der Waals surface area contributed by atoms with Crippen LogP contribution in [0, 0.1) is 20.8 Å². The Bertz CT molecular complexity index is 1470. The van der Waals surface area contributed by atoms with Crippen molar-refractivity contribution in [1.29, 1.82) is 0 Å². The lowest BCUT2D eigenvalue weighted by molar-refractivity contribution is -0.140. The lowest BCUT2D eigenvalue weighted by Crippen LogP contribution is -2.53. The molecule has 0 aliphatic rings. The molecule has 2 atom stereocenters. The van der Waals surface area contributed by atoms with Crippen LogP contribution >= 0.6 is 11.6 Å². The predicted molar refractivity (Wildman–Crippen MR) is 166 cm³/mol. The molecule has 0 heterocycles. The van der Waals surface area contributed by atoms with E-state index in [1.165, 1.54) is 17.0 Å². The van der Waals surface area contributed by atoms with Crippen molar-refractivity contribution in [2.45, 2.75) is 77.9 Å². The summed E-state index contributed by atoms with van der Waals surface area (Å²) in [6, 6.07) is 18.3. The Morgan fingerprint density at radius 1 is 0.902 bits per heavy atom. The van der Waals surface area contributed by atoms with Gasteiger partial charge in [0.2, 0.25) is 11.8 Å². The van der Waals surface area contributed by atoms with Gasteiger partial charge in [-0.3, -0.25) is 13.9 Å². The Morgan fingerprint density at radius 2 is 1.56 bits per heavy atom. The van der Waals surface area contributed by atoms with Gasteiger partial charge in [-0.15, -0.1) is 0 Å². The average Bonchev–Trinajstić information content (AvgIpc) is 2.93. The minimum absolute atomic E-state index is 0.0575. The molecule has 9 heteroatoms. The molecule has 1 N–H and O–H groups in total. The van der Waals surface area contributed by atoms with Crippen LogP contribution in [0.15, 0.2) is 71.6 Å². The number of nitrogens with one attached hydrogen (secondary N) is 1. The van der Waals surface area contributed by atoms with Crippen LogP contribution in [0.5, 0.6) is 0 Å². The highest BCUT2D eigenvalue weighted by atomic mass is 35.5. The molecule has 3 aromatic carbocycles. The quantitative estimate of drug-likeness (QED) is 0.270. The maximum absolute atomic E-state index is 14.2. The standard InChI is InChI=1S/C32H40ClN3O4S/c1-7-24(5)34-32(38)29(8-2)35(20-26-12-9-11-23(4)19-26)31(37)21-36(30-14-10-13-28(33)25(30)6)41(39,40)27-17-15-22(3)16-18-27/h9-19,24,29H,7-8,20-21H2,1-6H3,(H,34,38)/t24-,29+/m1/s1. The summed E-state index contributed by atoms with van der Waals surface area (Å²) >= 11 is 6.40. The SMILES string of the molecule is CC[C@@H](C)NC(=O)[C@H](CC)N(Cc1cccc(C)c1)C(=O)CN(c1cccc(Cl)c1C)S(=O)(=O)c1ccc(C)cc1. The number of carbonyl (C=O) groups excluding carboxylic acids is 2. The van der Waals surface area contributed by atoms with E-state index in [1.807, 2.05) is 58.9 Å². The van der Waals surface area contributed by atoms with E-state index in [2.05, 4.69) is 5.32 Å². The van der Waals surface area contributed by atoms with Crippen LogP contribution in [0.3, 0.4) is 0 Å². The lowest BCUT2D eigenvalue weighted by Gasteiger charge is -2.34. The topological polar surface area (TPSA) is 86.8 Å². The third-order valence-corrected chi connectivity index (χ3v) is 9.40. The van der Waals surface area contributed by atoms with Gasteiger partial charge in [-0.2, -0.15) is 0 Å². The highest BCUT2D eigenvalue weighted by molar-refractivity contribution is 7.92. The Hall–Kier alpha value is -3.36. The zero-order valence-corrected chi connectivity index (χ0v) is 26.2. The van der Waals surface area contributed by atoms with Crippen molar-refractivity contribution in [3.05, 3.63) is 94.0 Å². The first-order valence-corrected chi connectivity index (χ1v) is 15.7. The third kappa shape index (κ3) is 7.89. The molecule has 0 saturated carbocycles. The Balaban J connectivity index is 2.10. The van der Waals surface area contributed by atoms with Gasteiger partial charge in [-0.1, -0.05) is 79.0 Å². The van der Waals surface area contributed by atoms with Crippen molar-refractivity contribution in [1.82, 2.24) is 10.2 Å². The van der Waals surface area contributed by atoms with Crippen molar-refractivity contribution in [2.75, 3.05) is 10.8 Å². The molecule has 0 unspecified atom stereocenters. The van der Waals surface area contributed by atoms with Gasteiger partial charge >= 0.3 is 0 Å². The summed E-state index contributed by atoms with van der Waals surface area (Å²) in [7, 11) is -4.17. The molecule has 0 bridgehead atoms. The van der Waals surface area contributed by atoms with Gasteiger partial charge < -0.3 is 10.2 Å². The molecule has 0 aromatic heterocycles. The second kappa shape index (κ2) is 14.0. The molecule has 0 aliphatic heterocycles. The maximum atomic E-state index is 14.2. The summed E-state index contributed by atoms with van der Waals surface area (Å²) in [5.74, 6) is -0.762. The molecule has 0 aliphatic carbocycles. The van der Waals surface area contributed by atoms with Crippen LogP contribution in [0.4, 0.5) is 5.69 Å². The molecule has 0 fully saturated rings. The van der Waals surface area contributed by atoms with Crippen LogP contribution in [0.1, 0.15) is 55.9 Å². The summed E-state index contributed by atoms with van der Waals surface area (Å²) in [5, 5.41) is 3.38. The first kappa shape index (κ1) is 32.2. The number of carbonyl (C=O) groups is 2. The van der Waals surface area contributed by atoms with E-state index >= 15 is 0 Å². The molecular weight excluding hydrogens is 558 g/mol. The monoisotopic (exact) mass is 597 g/mol. The molecule has 0 spiro atoms. The molecule has 0 saturated heterocycles. The van der Waals surface area contributed by atoms with Crippen molar-refractivity contribution in [3.8, 4) is 0 Å². The van der Waals surface area contributed by atoms with Crippen LogP contribution in [0.2, 0.25) is 5.02 Å². The summed E-state index contributed by atoms with van der Waals surface area (Å²) in [5.41, 5.74) is 3.61. The lowest BCUT2D eigenvalue weighted by atomic mass is 10.1. The smallest absolute Gasteiger partial charge is 0.264 e. The second-order valence-electron chi connectivity index (χ2n) is 10.5. The minimum atomic E-state index is -4.17. The van der Waals surface area contributed by atoms with Gasteiger partial charge in [0.1, 0.15) is 12.6 Å². The number of hydrogen-bond acceptors (Lipinski definition) is 4. The second-order valence-corrected chi connectivity index (χ2v) is 12.7. The van der Waals surface area contributed by atoms with Gasteiger partial charge in [0.25, 0.3) is 10.0 Å². The van der Waals surface area contributed by atoms with Crippen LogP contribution in [-0.4, -0.2) is 43.8 Å². The van der Waals surface area contributed by atoms with E-state index in [1.54, 1.807) is 37.3 Å². The van der Waals surface area contributed by atoms with Gasteiger partial charge in [0, 0.05) is 17.6 Å². The van der Waals surface area contributed by atoms with E-state index in [-0.39, 0.29) is 23.4 Å². The van der Waals surface area contributed by atoms with E-state index in [9.17, 15) is 18.0 Å². The van der Waals surface area contributed by atoms with Crippen molar-refractivity contribution in [2.24, 2.45) is 0 Å². The van der Waals surface area contributed by atoms with E-state index < -0.39 is 28.5 Å². The van der Waals surface area contributed by atoms with Crippen LogP contribution < -0.4 is 9.62 Å². The number of rotatable bonds is 12. The summed E-state index contributed by atoms with van der Waals surface area (Å²) in [4.78, 5) is 29.2. The van der Waals surface area contributed by atoms with Crippen molar-refractivity contribution < 1.29 is 18.0 Å². The zero-order chi connectivity index (χ0) is 30.3. The number of hydrogen-bond donors (Lipinski definition) is 1. The number of benzene rings is 3.